The van der Waals surface area contributed by atoms with E-state index in [4.69, 9.17) is 4.74 Å². The van der Waals surface area contributed by atoms with Crippen LogP contribution in [0.3, 0.4) is 0 Å². The van der Waals surface area contributed by atoms with Gasteiger partial charge in [-0.15, -0.1) is 0 Å². The molecule has 0 aliphatic carbocycles. The zero-order valence-electron chi connectivity index (χ0n) is 19.2. The molecule has 0 radical (unpaired) electrons. The first-order valence-electron chi connectivity index (χ1n) is 10.4. The van der Waals surface area contributed by atoms with E-state index in [1.165, 1.54) is 30.3 Å². The first-order valence-corrected chi connectivity index (χ1v) is 10.4. The maximum atomic E-state index is 12.5. The number of carbonyl (C=O) groups is 3. The highest BCUT2D eigenvalue weighted by Crippen LogP contribution is 2.21. The van der Waals surface area contributed by atoms with Crippen molar-refractivity contribution in [2.45, 2.75) is 20.8 Å². The van der Waals surface area contributed by atoms with Gasteiger partial charge in [-0.2, -0.15) is 5.10 Å². The average molecular weight is 474 g/mol. The minimum absolute atomic E-state index is 0.122. The van der Waals surface area contributed by atoms with Gasteiger partial charge in [0.05, 0.1) is 16.2 Å². The van der Waals surface area contributed by atoms with Crippen LogP contribution in [0.25, 0.3) is 0 Å². The Morgan fingerprint density at radius 2 is 1.54 bits per heavy atom. The number of anilines is 1. The summed E-state index contributed by atoms with van der Waals surface area (Å²) in [6.45, 7) is 5.32. The molecule has 2 amide bonds. The Morgan fingerprint density at radius 1 is 0.914 bits per heavy atom. The van der Waals surface area contributed by atoms with Crippen molar-refractivity contribution < 1.29 is 24.0 Å². The molecule has 3 aromatic carbocycles. The summed E-state index contributed by atoms with van der Waals surface area (Å²) in [5.74, 6) is -2.42. The van der Waals surface area contributed by atoms with Gasteiger partial charge >= 0.3 is 17.8 Å². The summed E-state index contributed by atoms with van der Waals surface area (Å²) in [7, 11) is 0. The van der Waals surface area contributed by atoms with E-state index >= 15 is 0 Å². The molecule has 10 nitrogen and oxygen atoms in total. The summed E-state index contributed by atoms with van der Waals surface area (Å²) in [6, 6.07) is 16.9. The minimum atomic E-state index is -0.969. The van der Waals surface area contributed by atoms with Gasteiger partial charge in [-0.05, 0) is 68.3 Å². The number of nitrogens with zero attached hydrogens (tertiary/aromatic N) is 2. The summed E-state index contributed by atoms with van der Waals surface area (Å²) < 4.78 is 5.43. The number of hydrogen-bond donors (Lipinski definition) is 2. The molecular formula is C25H22N4O6. The number of rotatable bonds is 6. The largest absolute Gasteiger partial charge is 0.422 e. The lowest BCUT2D eigenvalue weighted by Gasteiger charge is -2.10. The number of hydrogen-bond acceptors (Lipinski definition) is 7. The third kappa shape index (κ3) is 6.57. The van der Waals surface area contributed by atoms with Crippen molar-refractivity contribution >= 4 is 34.9 Å². The standard InChI is InChI=1S/C25H22N4O6/c1-15-12-16(2)14-19(13-15)26-23(30)24(31)28-27-17(3)21-6-4-5-7-22(21)35-25(32)18-8-10-20(11-9-18)29(33)34/h4-14H,1-3H3,(H,26,30)(H,28,31)/b27-17+. The number of nitro groups is 1. The van der Waals surface area contributed by atoms with Crippen molar-refractivity contribution in [3.8, 4) is 5.75 Å². The van der Waals surface area contributed by atoms with E-state index < -0.39 is 22.7 Å². The van der Waals surface area contributed by atoms with Crippen LogP contribution in [-0.4, -0.2) is 28.4 Å². The maximum absolute atomic E-state index is 12.5. The molecule has 0 spiro atoms. The fourth-order valence-electron chi connectivity index (χ4n) is 3.21. The van der Waals surface area contributed by atoms with Crippen LogP contribution in [0.15, 0.2) is 71.8 Å². The molecule has 3 aromatic rings. The van der Waals surface area contributed by atoms with Crippen LogP contribution in [0.1, 0.15) is 34.0 Å². The first-order chi connectivity index (χ1) is 16.6. The molecule has 0 atom stereocenters. The number of esters is 1. The summed E-state index contributed by atoms with van der Waals surface area (Å²) >= 11 is 0. The number of ether oxygens (including phenoxy) is 1. The van der Waals surface area contributed by atoms with Crippen LogP contribution in [0.5, 0.6) is 5.75 Å². The van der Waals surface area contributed by atoms with E-state index in [1.54, 1.807) is 37.3 Å². The number of carbonyl (C=O) groups excluding carboxylic acids is 3. The smallest absolute Gasteiger partial charge is 0.343 e. The third-order valence-corrected chi connectivity index (χ3v) is 4.80. The monoisotopic (exact) mass is 474 g/mol. The SMILES string of the molecule is C/C(=N\NC(=O)C(=O)Nc1cc(C)cc(C)c1)c1ccccc1OC(=O)c1ccc([N+](=O)[O-])cc1. The Balaban J connectivity index is 1.69. The van der Waals surface area contributed by atoms with Gasteiger partial charge in [0.15, 0.2) is 0 Å². The summed E-state index contributed by atoms with van der Waals surface area (Å²) in [5, 5.41) is 17.3. The quantitative estimate of drug-likeness (QED) is 0.139. The van der Waals surface area contributed by atoms with Crippen LogP contribution in [0.4, 0.5) is 11.4 Å². The zero-order valence-corrected chi connectivity index (χ0v) is 19.2. The fourth-order valence-corrected chi connectivity index (χ4v) is 3.21. The Labute approximate surface area is 200 Å². The average Bonchev–Trinajstić information content (AvgIpc) is 2.82. The summed E-state index contributed by atoms with van der Waals surface area (Å²) in [6.07, 6.45) is 0. The summed E-state index contributed by atoms with van der Waals surface area (Å²) in [5.41, 5.74) is 5.22. The van der Waals surface area contributed by atoms with Crippen molar-refractivity contribution in [3.05, 3.63) is 99.1 Å². The van der Waals surface area contributed by atoms with Crippen molar-refractivity contribution in [2.24, 2.45) is 5.10 Å². The van der Waals surface area contributed by atoms with Gasteiger partial charge in [0.25, 0.3) is 5.69 Å². The highest BCUT2D eigenvalue weighted by molar-refractivity contribution is 6.39. The number of para-hydroxylation sites is 1. The normalized spacial score (nSPS) is 10.9. The van der Waals surface area contributed by atoms with E-state index in [2.05, 4.69) is 15.8 Å². The predicted molar refractivity (Wildman–Crippen MR) is 129 cm³/mol. The van der Waals surface area contributed by atoms with Crippen LogP contribution < -0.4 is 15.5 Å². The van der Waals surface area contributed by atoms with E-state index in [0.717, 1.165) is 11.1 Å². The molecule has 0 aromatic heterocycles. The van der Waals surface area contributed by atoms with E-state index in [0.29, 0.717) is 11.3 Å². The molecule has 0 aliphatic heterocycles. The molecule has 0 heterocycles. The number of benzene rings is 3. The molecule has 10 heteroatoms. The van der Waals surface area contributed by atoms with Crippen LogP contribution >= 0.6 is 0 Å². The minimum Gasteiger partial charge on any atom is -0.422 e. The van der Waals surface area contributed by atoms with Gasteiger partial charge in [-0.25, -0.2) is 10.2 Å². The molecule has 0 fully saturated rings. The zero-order chi connectivity index (χ0) is 25.5. The Kier molecular flexibility index (Phi) is 7.67. The van der Waals surface area contributed by atoms with E-state index in [9.17, 15) is 24.5 Å². The lowest BCUT2D eigenvalue weighted by Crippen LogP contribution is -2.33. The second-order valence-corrected chi connectivity index (χ2v) is 7.66. The summed E-state index contributed by atoms with van der Waals surface area (Å²) in [4.78, 5) is 47.1. The fraction of sp³-hybridized carbons (Fsp3) is 0.120. The van der Waals surface area contributed by atoms with Crippen LogP contribution in [0.2, 0.25) is 0 Å². The number of amides is 2. The molecule has 178 valence electrons. The predicted octanol–water partition coefficient (Wildman–Crippen LogP) is 3.91. The molecule has 2 N–H and O–H groups in total. The van der Waals surface area contributed by atoms with Gasteiger partial charge in [0.2, 0.25) is 0 Å². The van der Waals surface area contributed by atoms with Crippen molar-refractivity contribution in [1.82, 2.24) is 5.43 Å². The van der Waals surface area contributed by atoms with Gasteiger partial charge in [0, 0.05) is 23.4 Å². The third-order valence-electron chi connectivity index (χ3n) is 4.80. The molecule has 0 aliphatic rings. The molecule has 3 rings (SSSR count). The van der Waals surface area contributed by atoms with Gasteiger partial charge in [-0.3, -0.25) is 19.7 Å². The number of nitrogens with one attached hydrogen (secondary N) is 2. The molecule has 0 bridgehead atoms. The van der Waals surface area contributed by atoms with E-state index in [-0.39, 0.29) is 22.7 Å². The number of nitro benzene ring substituents is 1. The molecule has 0 saturated heterocycles. The Bertz CT molecular complexity index is 1310. The number of aryl methyl sites for hydroxylation is 2. The molecule has 0 unspecified atom stereocenters. The van der Waals surface area contributed by atoms with Gasteiger partial charge in [0.1, 0.15) is 5.75 Å². The second-order valence-electron chi connectivity index (χ2n) is 7.66. The molecule has 0 saturated carbocycles. The first kappa shape index (κ1) is 24.8. The lowest BCUT2D eigenvalue weighted by atomic mass is 10.1. The highest BCUT2D eigenvalue weighted by Gasteiger charge is 2.17. The Hall–Kier alpha value is -4.86. The number of non-ortho nitro benzene ring substituents is 1. The van der Waals surface area contributed by atoms with Crippen molar-refractivity contribution in [2.75, 3.05) is 5.32 Å². The number of hydrazone groups is 1. The highest BCUT2D eigenvalue weighted by atomic mass is 16.6. The van der Waals surface area contributed by atoms with Gasteiger partial charge < -0.3 is 10.1 Å². The van der Waals surface area contributed by atoms with Crippen molar-refractivity contribution in [1.29, 1.82) is 0 Å². The topological polar surface area (TPSA) is 140 Å². The molecule has 35 heavy (non-hydrogen) atoms. The van der Waals surface area contributed by atoms with Crippen LogP contribution in [0, 0.1) is 24.0 Å². The molecular weight excluding hydrogens is 452 g/mol. The second kappa shape index (κ2) is 10.8. The van der Waals surface area contributed by atoms with Crippen LogP contribution in [-0.2, 0) is 9.59 Å². The Morgan fingerprint density at radius 3 is 2.17 bits per heavy atom. The van der Waals surface area contributed by atoms with E-state index in [1.807, 2.05) is 19.9 Å². The maximum Gasteiger partial charge on any atom is 0.343 e. The van der Waals surface area contributed by atoms with Gasteiger partial charge in [-0.1, -0.05) is 18.2 Å². The lowest BCUT2D eigenvalue weighted by molar-refractivity contribution is -0.384. The van der Waals surface area contributed by atoms with Crippen molar-refractivity contribution in [3.63, 3.8) is 0 Å².